The van der Waals surface area contributed by atoms with Gasteiger partial charge in [-0.3, -0.25) is 14.5 Å². The Kier molecular flexibility index (Phi) is 7.85. The van der Waals surface area contributed by atoms with Gasteiger partial charge < -0.3 is 15.0 Å². The van der Waals surface area contributed by atoms with Gasteiger partial charge in [-0.25, -0.2) is 0 Å². The number of Topliss-reactive ketones (excluding diaryl/α,β-unsaturated/α-hetero) is 1. The number of nitrogens with one attached hydrogen (secondary N) is 1. The molecule has 1 atom stereocenters. The van der Waals surface area contributed by atoms with Gasteiger partial charge in [0.1, 0.15) is 5.75 Å². The highest BCUT2D eigenvalue weighted by Crippen LogP contribution is 2.16. The van der Waals surface area contributed by atoms with Crippen LogP contribution < -0.4 is 15.0 Å². The van der Waals surface area contributed by atoms with Crippen LogP contribution in [-0.4, -0.2) is 62.0 Å². The lowest BCUT2D eigenvalue weighted by atomic mass is 10.1. The van der Waals surface area contributed by atoms with Crippen molar-refractivity contribution < 1.29 is 14.3 Å². The summed E-state index contributed by atoms with van der Waals surface area (Å²) in [5.74, 6) is 0.362. The maximum absolute atomic E-state index is 12.3. The van der Waals surface area contributed by atoms with Crippen LogP contribution in [0.3, 0.4) is 0 Å². The summed E-state index contributed by atoms with van der Waals surface area (Å²) in [4.78, 5) is 28.6. The number of ketones is 1. The second-order valence-electron chi connectivity index (χ2n) is 7.65. The molecule has 0 aromatic heterocycles. The summed E-state index contributed by atoms with van der Waals surface area (Å²) in [7, 11) is 0. The van der Waals surface area contributed by atoms with Crippen LogP contribution in [0.1, 0.15) is 30.6 Å². The van der Waals surface area contributed by atoms with Crippen molar-refractivity contribution >= 4 is 17.4 Å². The van der Waals surface area contributed by atoms with Gasteiger partial charge in [0.25, 0.3) is 5.91 Å². The molecule has 0 radical (unpaired) electrons. The summed E-state index contributed by atoms with van der Waals surface area (Å²) in [6.07, 6.45) is 0.297. The van der Waals surface area contributed by atoms with E-state index in [1.807, 2.05) is 6.07 Å². The molecule has 0 bridgehead atoms. The monoisotopic (exact) mass is 409 g/mol. The van der Waals surface area contributed by atoms with E-state index < -0.39 is 6.10 Å². The predicted molar refractivity (Wildman–Crippen MR) is 119 cm³/mol. The van der Waals surface area contributed by atoms with Gasteiger partial charge in [0.15, 0.2) is 11.9 Å². The zero-order chi connectivity index (χ0) is 21.3. The highest BCUT2D eigenvalue weighted by Gasteiger charge is 2.18. The van der Waals surface area contributed by atoms with Crippen molar-refractivity contribution in [1.29, 1.82) is 0 Å². The topological polar surface area (TPSA) is 61.9 Å². The zero-order valence-electron chi connectivity index (χ0n) is 17.8. The molecule has 6 nitrogen and oxygen atoms in total. The molecule has 2 aromatic rings. The highest BCUT2D eigenvalue weighted by atomic mass is 16.5. The number of anilines is 1. The summed E-state index contributed by atoms with van der Waals surface area (Å²) >= 11 is 0. The van der Waals surface area contributed by atoms with E-state index in [9.17, 15) is 9.59 Å². The first kappa shape index (κ1) is 21.8. The van der Waals surface area contributed by atoms with E-state index in [2.05, 4.69) is 39.4 Å². The van der Waals surface area contributed by atoms with Crippen LogP contribution in [0, 0.1) is 0 Å². The van der Waals surface area contributed by atoms with Crippen LogP contribution in [0.2, 0.25) is 0 Å². The molecular weight excluding hydrogens is 378 g/mol. The van der Waals surface area contributed by atoms with Crippen molar-refractivity contribution in [3.63, 3.8) is 0 Å². The maximum atomic E-state index is 12.3. The minimum atomic E-state index is -0.610. The number of ether oxygens (including phenoxy) is 1. The van der Waals surface area contributed by atoms with Gasteiger partial charge in [0.05, 0.1) is 0 Å². The number of rotatable bonds is 9. The highest BCUT2D eigenvalue weighted by molar-refractivity contribution is 5.94. The Morgan fingerprint density at radius 3 is 2.47 bits per heavy atom. The largest absolute Gasteiger partial charge is 0.481 e. The molecule has 1 aliphatic heterocycles. The van der Waals surface area contributed by atoms with Crippen LogP contribution in [-0.2, 0) is 4.79 Å². The lowest BCUT2D eigenvalue weighted by Crippen LogP contribution is -2.47. The SMILES string of the molecule is CC(=O)c1cccc(OC(C)C(=O)NCCCN2CCN(c3ccccc3)CC2)c1. The standard InChI is InChI=1S/C24H31N3O3/c1-19(28)21-8-6-11-23(18-21)30-20(2)24(29)25-12-7-13-26-14-16-27(17-15-26)22-9-4-3-5-10-22/h3-6,8-11,18,20H,7,12-17H2,1-2H3,(H,25,29). The summed E-state index contributed by atoms with van der Waals surface area (Å²) in [5.41, 5.74) is 1.86. The zero-order valence-corrected chi connectivity index (χ0v) is 17.8. The molecule has 1 amide bonds. The van der Waals surface area contributed by atoms with Crippen molar-refractivity contribution in [3.05, 3.63) is 60.2 Å². The first-order chi connectivity index (χ1) is 14.5. The first-order valence-electron chi connectivity index (χ1n) is 10.6. The third-order valence-corrected chi connectivity index (χ3v) is 5.37. The molecule has 30 heavy (non-hydrogen) atoms. The molecule has 1 heterocycles. The Morgan fingerprint density at radius 2 is 1.77 bits per heavy atom. The number of carbonyl (C=O) groups excluding carboxylic acids is 2. The van der Waals surface area contributed by atoms with E-state index in [0.29, 0.717) is 17.9 Å². The lowest BCUT2D eigenvalue weighted by molar-refractivity contribution is -0.127. The van der Waals surface area contributed by atoms with Gasteiger partial charge in [-0.15, -0.1) is 0 Å². The van der Waals surface area contributed by atoms with Crippen molar-refractivity contribution in [2.24, 2.45) is 0 Å². The third-order valence-electron chi connectivity index (χ3n) is 5.37. The van der Waals surface area contributed by atoms with Gasteiger partial charge in [0, 0.05) is 44.0 Å². The van der Waals surface area contributed by atoms with Crippen LogP contribution in [0.15, 0.2) is 54.6 Å². The lowest BCUT2D eigenvalue weighted by Gasteiger charge is -2.36. The fourth-order valence-corrected chi connectivity index (χ4v) is 3.57. The summed E-state index contributed by atoms with van der Waals surface area (Å²) in [6, 6.07) is 17.4. The fraction of sp³-hybridized carbons (Fsp3) is 0.417. The number of hydrogen-bond donors (Lipinski definition) is 1. The Balaban J connectivity index is 1.33. The average Bonchev–Trinajstić information content (AvgIpc) is 2.77. The van der Waals surface area contributed by atoms with E-state index in [0.717, 1.165) is 39.1 Å². The summed E-state index contributed by atoms with van der Waals surface area (Å²) in [5, 5.41) is 2.95. The molecule has 6 heteroatoms. The number of carbonyl (C=O) groups is 2. The smallest absolute Gasteiger partial charge is 0.260 e. The third kappa shape index (κ3) is 6.32. The van der Waals surface area contributed by atoms with E-state index in [-0.39, 0.29) is 11.7 Å². The summed E-state index contributed by atoms with van der Waals surface area (Å²) in [6.45, 7) is 8.96. The van der Waals surface area contributed by atoms with Crippen LogP contribution in [0.4, 0.5) is 5.69 Å². The Morgan fingerprint density at radius 1 is 1.03 bits per heavy atom. The normalized spacial score (nSPS) is 15.5. The average molecular weight is 410 g/mol. The van der Waals surface area contributed by atoms with Crippen LogP contribution in [0.25, 0.3) is 0 Å². The van der Waals surface area contributed by atoms with Crippen molar-refractivity contribution in [2.75, 3.05) is 44.2 Å². The molecule has 2 aromatic carbocycles. The Labute approximate surface area is 178 Å². The van der Waals surface area contributed by atoms with E-state index in [1.54, 1.807) is 31.2 Å². The van der Waals surface area contributed by atoms with Gasteiger partial charge in [-0.1, -0.05) is 30.3 Å². The van der Waals surface area contributed by atoms with Crippen molar-refractivity contribution in [2.45, 2.75) is 26.4 Å². The minimum absolute atomic E-state index is 0.0258. The number of piperazine rings is 1. The van der Waals surface area contributed by atoms with Crippen LogP contribution in [0.5, 0.6) is 5.75 Å². The molecular formula is C24H31N3O3. The molecule has 1 saturated heterocycles. The van der Waals surface area contributed by atoms with E-state index >= 15 is 0 Å². The number of benzene rings is 2. The number of hydrogen-bond acceptors (Lipinski definition) is 5. The number of amides is 1. The second kappa shape index (κ2) is 10.8. The Hall–Kier alpha value is -2.86. The quantitative estimate of drug-likeness (QED) is 0.510. The molecule has 1 unspecified atom stereocenters. The first-order valence-corrected chi connectivity index (χ1v) is 10.6. The minimum Gasteiger partial charge on any atom is -0.481 e. The van der Waals surface area contributed by atoms with Gasteiger partial charge >= 0.3 is 0 Å². The predicted octanol–water partition coefficient (Wildman–Crippen LogP) is 2.99. The molecule has 1 fully saturated rings. The fourth-order valence-electron chi connectivity index (χ4n) is 3.57. The molecule has 1 N–H and O–H groups in total. The number of nitrogens with zero attached hydrogens (tertiary/aromatic N) is 2. The molecule has 0 aliphatic carbocycles. The van der Waals surface area contributed by atoms with Crippen molar-refractivity contribution in [1.82, 2.24) is 10.2 Å². The summed E-state index contributed by atoms with van der Waals surface area (Å²) < 4.78 is 5.69. The molecule has 0 spiro atoms. The van der Waals surface area contributed by atoms with Gasteiger partial charge in [0.2, 0.25) is 0 Å². The maximum Gasteiger partial charge on any atom is 0.260 e. The van der Waals surface area contributed by atoms with Crippen molar-refractivity contribution in [3.8, 4) is 5.75 Å². The molecule has 160 valence electrons. The second-order valence-corrected chi connectivity index (χ2v) is 7.65. The van der Waals surface area contributed by atoms with Gasteiger partial charge in [-0.05, 0) is 51.1 Å². The van der Waals surface area contributed by atoms with Crippen LogP contribution >= 0.6 is 0 Å². The molecule has 3 rings (SSSR count). The van der Waals surface area contributed by atoms with E-state index in [4.69, 9.17) is 4.74 Å². The Bertz CT molecular complexity index is 833. The molecule has 1 aliphatic rings. The van der Waals surface area contributed by atoms with Gasteiger partial charge in [-0.2, -0.15) is 0 Å². The molecule has 0 saturated carbocycles. The van der Waals surface area contributed by atoms with E-state index in [1.165, 1.54) is 12.6 Å². The number of para-hydroxylation sites is 1.